The Bertz CT molecular complexity index is 1960. The average molecular weight is 625 g/mol. The normalized spacial score (nSPS) is 13.9. The maximum absolute atomic E-state index is 5.84. The zero-order valence-corrected chi connectivity index (χ0v) is 26.6. The number of rotatable bonds is 14. The van der Waals surface area contributed by atoms with Gasteiger partial charge >= 0.3 is 0 Å². The number of pyridine rings is 1. The molecule has 3 heterocycles. The van der Waals surface area contributed by atoms with Crippen molar-refractivity contribution >= 4 is 27.6 Å². The first-order chi connectivity index (χ1) is 23.2. The Hall–Kier alpha value is -5.27. The van der Waals surface area contributed by atoms with Gasteiger partial charge in [0.2, 0.25) is 6.79 Å². The highest BCUT2D eigenvalue weighted by Crippen LogP contribution is 2.30. The minimum Gasteiger partial charge on any atom is -0.496 e. The van der Waals surface area contributed by atoms with Crippen molar-refractivity contribution in [2.75, 3.05) is 25.8 Å². The van der Waals surface area contributed by atoms with Gasteiger partial charge in [0.25, 0.3) is 0 Å². The van der Waals surface area contributed by atoms with E-state index in [0.717, 1.165) is 54.3 Å². The molecule has 0 spiro atoms. The number of para-hydroxylation sites is 2. The summed E-state index contributed by atoms with van der Waals surface area (Å²) in [6.07, 6.45) is 5.57. The van der Waals surface area contributed by atoms with Gasteiger partial charge in [0.15, 0.2) is 0 Å². The molecule has 0 radical (unpaired) electrons. The highest BCUT2D eigenvalue weighted by molar-refractivity contribution is 5.87. The van der Waals surface area contributed by atoms with E-state index in [0.29, 0.717) is 6.42 Å². The predicted molar refractivity (Wildman–Crippen MR) is 188 cm³/mol. The van der Waals surface area contributed by atoms with Crippen LogP contribution in [0.5, 0.6) is 5.75 Å². The van der Waals surface area contributed by atoms with Crippen molar-refractivity contribution in [1.82, 2.24) is 14.9 Å². The van der Waals surface area contributed by atoms with Crippen LogP contribution in [0, 0.1) is 5.92 Å². The first-order valence-electron chi connectivity index (χ1n) is 16.2. The highest BCUT2D eigenvalue weighted by atomic mass is 16.7. The van der Waals surface area contributed by atoms with E-state index in [4.69, 9.17) is 19.2 Å². The number of hydrogen-bond acceptors (Lipinski definition) is 6. The van der Waals surface area contributed by atoms with Gasteiger partial charge < -0.3 is 29.4 Å². The third-order valence-electron chi connectivity index (χ3n) is 8.88. The molecule has 7 rings (SSSR count). The number of anilines is 1. The molecule has 0 amide bonds. The summed E-state index contributed by atoms with van der Waals surface area (Å²) < 4.78 is 19.4. The fourth-order valence-corrected chi connectivity index (χ4v) is 6.55. The molecule has 47 heavy (non-hydrogen) atoms. The van der Waals surface area contributed by atoms with Crippen molar-refractivity contribution in [3.05, 3.63) is 150 Å². The Balaban J connectivity index is 1.16. The topological polar surface area (TPSA) is 69.6 Å². The van der Waals surface area contributed by atoms with Crippen LogP contribution in [0.2, 0.25) is 0 Å². The third kappa shape index (κ3) is 7.26. The summed E-state index contributed by atoms with van der Waals surface area (Å²) >= 11 is 0. The van der Waals surface area contributed by atoms with Crippen molar-refractivity contribution in [2.24, 2.45) is 5.92 Å². The molecule has 2 aromatic heterocycles. The largest absolute Gasteiger partial charge is 0.496 e. The standard InChI is InChI=1S/C40H40N4O3/c1-45-39-22-40(42-36-18-10-8-17-35(36)39)43-37(21-33-27-46-28-47-33)31(20-29-12-4-2-5-13-29)23-41-24-32-26-44(25-30-14-6-3-7-15-30)38-19-11-9-16-34(32)38/h2-19,22,26-27,31,37,41H,20-21,23-25,28H2,1H3,(H,42,43). The third-order valence-corrected chi connectivity index (χ3v) is 8.88. The van der Waals surface area contributed by atoms with Crippen molar-refractivity contribution in [3.8, 4) is 5.75 Å². The number of nitrogens with zero attached hydrogens (tertiary/aromatic N) is 2. The second-order valence-electron chi connectivity index (χ2n) is 12.1. The van der Waals surface area contributed by atoms with Gasteiger partial charge in [-0.3, -0.25) is 0 Å². The molecule has 0 bridgehead atoms. The van der Waals surface area contributed by atoms with Gasteiger partial charge in [-0.25, -0.2) is 4.98 Å². The average Bonchev–Trinajstić information content (AvgIpc) is 3.76. The summed E-state index contributed by atoms with van der Waals surface area (Å²) in [6, 6.07) is 40.0. The summed E-state index contributed by atoms with van der Waals surface area (Å²) in [7, 11) is 1.70. The molecule has 1 aliphatic heterocycles. The summed E-state index contributed by atoms with van der Waals surface area (Å²) in [6.45, 7) is 2.62. The van der Waals surface area contributed by atoms with Gasteiger partial charge in [0.05, 0.1) is 12.6 Å². The number of aromatic nitrogens is 2. The summed E-state index contributed by atoms with van der Waals surface area (Å²) in [4.78, 5) is 4.98. The van der Waals surface area contributed by atoms with Gasteiger partial charge in [0, 0.05) is 60.6 Å². The number of ether oxygens (including phenoxy) is 3. The SMILES string of the molecule is COc1cc(NC(CC2=COCO2)C(CNCc2cn(Cc3ccccc3)c3ccccc23)Cc2ccccc2)nc2ccccc12. The molecule has 7 heteroatoms. The van der Waals surface area contributed by atoms with Crippen LogP contribution in [0.15, 0.2) is 133 Å². The first kappa shape index (κ1) is 30.4. The fraction of sp³-hybridized carbons (Fsp3) is 0.225. The Morgan fingerprint density at radius 2 is 1.55 bits per heavy atom. The van der Waals surface area contributed by atoms with Crippen LogP contribution >= 0.6 is 0 Å². The Morgan fingerprint density at radius 3 is 2.32 bits per heavy atom. The fourth-order valence-electron chi connectivity index (χ4n) is 6.55. The minimum absolute atomic E-state index is 0.00607. The summed E-state index contributed by atoms with van der Waals surface area (Å²) in [5.41, 5.74) is 5.99. The Kier molecular flexibility index (Phi) is 9.33. The predicted octanol–water partition coefficient (Wildman–Crippen LogP) is 7.91. The lowest BCUT2D eigenvalue weighted by molar-refractivity contribution is 0.0763. The molecule has 238 valence electrons. The van der Waals surface area contributed by atoms with Crippen molar-refractivity contribution in [2.45, 2.75) is 32.0 Å². The van der Waals surface area contributed by atoms with E-state index in [-0.39, 0.29) is 18.8 Å². The second-order valence-corrected chi connectivity index (χ2v) is 12.1. The van der Waals surface area contributed by atoms with E-state index in [2.05, 4.69) is 106 Å². The lowest BCUT2D eigenvalue weighted by Crippen LogP contribution is -2.38. The molecular weight excluding hydrogens is 584 g/mol. The van der Waals surface area contributed by atoms with Gasteiger partial charge in [-0.15, -0.1) is 0 Å². The monoisotopic (exact) mass is 624 g/mol. The molecule has 1 aliphatic rings. The molecule has 0 saturated carbocycles. The molecule has 0 saturated heterocycles. The first-order valence-corrected chi connectivity index (χ1v) is 16.2. The van der Waals surface area contributed by atoms with E-state index in [9.17, 15) is 0 Å². The van der Waals surface area contributed by atoms with Crippen LogP contribution in [0.4, 0.5) is 5.82 Å². The Morgan fingerprint density at radius 1 is 0.830 bits per heavy atom. The van der Waals surface area contributed by atoms with Crippen LogP contribution in [-0.4, -0.2) is 36.0 Å². The van der Waals surface area contributed by atoms with E-state index in [1.54, 1.807) is 13.4 Å². The van der Waals surface area contributed by atoms with Gasteiger partial charge in [0.1, 0.15) is 23.6 Å². The minimum atomic E-state index is -0.00607. The van der Waals surface area contributed by atoms with E-state index < -0.39 is 0 Å². The summed E-state index contributed by atoms with van der Waals surface area (Å²) in [5.74, 6) is 2.59. The highest BCUT2D eigenvalue weighted by Gasteiger charge is 2.26. The molecule has 2 atom stereocenters. The van der Waals surface area contributed by atoms with E-state index >= 15 is 0 Å². The zero-order chi connectivity index (χ0) is 31.8. The lowest BCUT2D eigenvalue weighted by atomic mass is 9.89. The van der Waals surface area contributed by atoms with Crippen LogP contribution < -0.4 is 15.4 Å². The van der Waals surface area contributed by atoms with Crippen molar-refractivity contribution in [3.63, 3.8) is 0 Å². The van der Waals surface area contributed by atoms with Crippen LogP contribution in [0.3, 0.4) is 0 Å². The maximum Gasteiger partial charge on any atom is 0.229 e. The van der Waals surface area contributed by atoms with Crippen LogP contribution in [-0.2, 0) is 29.0 Å². The quantitative estimate of drug-likeness (QED) is 0.128. The second kappa shape index (κ2) is 14.4. The van der Waals surface area contributed by atoms with Gasteiger partial charge in [-0.1, -0.05) is 91.0 Å². The molecule has 2 unspecified atom stereocenters. The van der Waals surface area contributed by atoms with Crippen molar-refractivity contribution in [1.29, 1.82) is 0 Å². The van der Waals surface area contributed by atoms with Crippen molar-refractivity contribution < 1.29 is 14.2 Å². The molecule has 7 nitrogen and oxygen atoms in total. The Labute approximate surface area is 275 Å². The summed E-state index contributed by atoms with van der Waals surface area (Å²) in [5, 5.41) is 9.90. The van der Waals surface area contributed by atoms with Crippen LogP contribution in [0.25, 0.3) is 21.8 Å². The number of hydrogen-bond donors (Lipinski definition) is 2. The van der Waals surface area contributed by atoms with E-state index in [1.807, 2.05) is 30.3 Å². The molecule has 0 aliphatic carbocycles. The lowest BCUT2D eigenvalue weighted by Gasteiger charge is -2.29. The zero-order valence-electron chi connectivity index (χ0n) is 26.6. The molecule has 2 N–H and O–H groups in total. The molecule has 4 aromatic carbocycles. The smallest absolute Gasteiger partial charge is 0.229 e. The van der Waals surface area contributed by atoms with Crippen LogP contribution in [0.1, 0.15) is 23.1 Å². The number of fused-ring (bicyclic) bond motifs is 2. The number of methoxy groups -OCH3 is 1. The van der Waals surface area contributed by atoms with Gasteiger partial charge in [-0.05, 0) is 47.2 Å². The van der Waals surface area contributed by atoms with E-state index in [1.165, 1.54) is 27.6 Å². The number of nitrogens with one attached hydrogen (secondary N) is 2. The van der Waals surface area contributed by atoms with Gasteiger partial charge in [-0.2, -0.15) is 0 Å². The molecular formula is C40H40N4O3. The molecule has 0 fully saturated rings. The maximum atomic E-state index is 5.84. The number of benzene rings is 4. The molecule has 6 aromatic rings.